The zero-order chi connectivity index (χ0) is 21.1. The summed E-state index contributed by atoms with van der Waals surface area (Å²) in [5.74, 6) is 0.204. The predicted octanol–water partition coefficient (Wildman–Crippen LogP) is 5.47. The maximum absolute atomic E-state index is 13.2. The lowest BCUT2D eigenvalue weighted by Gasteiger charge is -2.13. The Morgan fingerprint density at radius 3 is 2.45 bits per heavy atom. The van der Waals surface area contributed by atoms with Gasteiger partial charge in [-0.05, 0) is 53.7 Å². The van der Waals surface area contributed by atoms with Crippen molar-refractivity contribution in [3.8, 4) is 17.0 Å². The molecule has 1 aliphatic rings. The van der Waals surface area contributed by atoms with Gasteiger partial charge in [0.15, 0.2) is 4.77 Å². The third-order valence-corrected chi connectivity index (χ3v) is 6.12. The van der Waals surface area contributed by atoms with E-state index in [1.54, 1.807) is 7.11 Å². The van der Waals surface area contributed by atoms with Crippen molar-refractivity contribution in [2.24, 2.45) is 0 Å². The molecule has 3 heterocycles. The van der Waals surface area contributed by atoms with E-state index in [1.165, 1.54) is 0 Å². The molecule has 0 bridgehead atoms. The maximum Gasteiger partial charge on any atom is 0.236 e. The van der Waals surface area contributed by atoms with Crippen molar-refractivity contribution in [3.05, 3.63) is 76.6 Å². The molecule has 0 radical (unpaired) electrons. The minimum atomic E-state index is -0.464. The number of hydrogen-bond donors (Lipinski definition) is 4. The van der Waals surface area contributed by atoms with Crippen LogP contribution in [-0.2, 0) is 4.79 Å². The van der Waals surface area contributed by atoms with Crippen molar-refractivity contribution in [2.75, 3.05) is 12.4 Å². The Balaban J connectivity index is 1.69. The first-order valence-electron chi connectivity index (χ1n) is 9.94. The van der Waals surface area contributed by atoms with Crippen LogP contribution in [0.3, 0.4) is 0 Å². The minimum Gasteiger partial charge on any atom is -0.497 e. The lowest BCUT2D eigenvalue weighted by Crippen LogP contribution is -2.13. The molecule has 1 amide bonds. The Bertz CT molecular complexity index is 1540. The summed E-state index contributed by atoms with van der Waals surface area (Å²) < 4.78 is 6.01. The predicted molar refractivity (Wildman–Crippen MR) is 124 cm³/mol. The summed E-state index contributed by atoms with van der Waals surface area (Å²) in [4.78, 5) is 23.1. The second-order valence-electron chi connectivity index (χ2n) is 7.68. The van der Waals surface area contributed by atoms with E-state index in [0.29, 0.717) is 4.77 Å². The number of ether oxygens (including phenoxy) is 1. The summed E-state index contributed by atoms with van der Waals surface area (Å²) >= 11 is 5.27. The van der Waals surface area contributed by atoms with Gasteiger partial charge in [-0.1, -0.05) is 30.3 Å². The first-order chi connectivity index (χ1) is 15.1. The molecule has 31 heavy (non-hydrogen) atoms. The molecule has 0 aliphatic carbocycles. The fourth-order valence-electron chi connectivity index (χ4n) is 4.53. The SMILES string of the molecule is COc1ccc2c(c1)C(c1c(-c3ccccc3)[nH]c3cc4[nH]c(=S)[nH]c4cc13)C(=O)N2. The van der Waals surface area contributed by atoms with Gasteiger partial charge in [-0.15, -0.1) is 0 Å². The van der Waals surface area contributed by atoms with Crippen LogP contribution >= 0.6 is 12.2 Å². The number of rotatable bonds is 3. The van der Waals surface area contributed by atoms with Gasteiger partial charge >= 0.3 is 0 Å². The number of aromatic amines is 3. The maximum atomic E-state index is 13.2. The van der Waals surface area contributed by atoms with Crippen LogP contribution in [0.5, 0.6) is 5.75 Å². The van der Waals surface area contributed by atoms with Crippen molar-refractivity contribution < 1.29 is 9.53 Å². The van der Waals surface area contributed by atoms with Gasteiger partial charge in [0, 0.05) is 22.2 Å². The summed E-state index contributed by atoms with van der Waals surface area (Å²) in [6, 6.07) is 19.9. The molecule has 4 N–H and O–H groups in total. The molecule has 6 nitrogen and oxygen atoms in total. The van der Waals surface area contributed by atoms with Crippen LogP contribution in [0.1, 0.15) is 17.0 Å². The highest BCUT2D eigenvalue weighted by atomic mass is 32.1. The van der Waals surface area contributed by atoms with E-state index in [4.69, 9.17) is 17.0 Å². The summed E-state index contributed by atoms with van der Waals surface area (Å²) in [5, 5.41) is 4.01. The van der Waals surface area contributed by atoms with Crippen LogP contribution in [0.2, 0.25) is 0 Å². The number of anilines is 1. The highest BCUT2D eigenvalue weighted by Crippen LogP contribution is 2.45. The topological polar surface area (TPSA) is 85.7 Å². The lowest BCUT2D eigenvalue weighted by atomic mass is 9.88. The first-order valence-corrected chi connectivity index (χ1v) is 10.3. The second-order valence-corrected chi connectivity index (χ2v) is 8.09. The number of methoxy groups -OCH3 is 1. The van der Waals surface area contributed by atoms with E-state index in [1.807, 2.05) is 54.6 Å². The van der Waals surface area contributed by atoms with Crippen LogP contribution in [-0.4, -0.2) is 28.0 Å². The quantitative estimate of drug-likeness (QED) is 0.289. The zero-order valence-electron chi connectivity index (χ0n) is 16.6. The van der Waals surface area contributed by atoms with E-state index in [0.717, 1.165) is 55.8 Å². The van der Waals surface area contributed by atoms with Crippen LogP contribution < -0.4 is 10.1 Å². The van der Waals surface area contributed by atoms with E-state index < -0.39 is 5.92 Å². The minimum absolute atomic E-state index is 0.0524. The van der Waals surface area contributed by atoms with E-state index in [9.17, 15) is 4.79 Å². The molecule has 7 heteroatoms. The van der Waals surface area contributed by atoms with Crippen molar-refractivity contribution in [1.82, 2.24) is 15.0 Å². The summed E-state index contributed by atoms with van der Waals surface area (Å²) in [7, 11) is 1.63. The number of H-pyrrole nitrogens is 3. The average Bonchev–Trinajstić information content (AvgIpc) is 3.42. The molecular weight excluding hydrogens is 408 g/mol. The zero-order valence-corrected chi connectivity index (χ0v) is 17.4. The number of carbonyl (C=O) groups excluding carboxylic acids is 1. The molecule has 0 saturated carbocycles. The number of nitrogens with one attached hydrogen (secondary N) is 4. The summed E-state index contributed by atoms with van der Waals surface area (Å²) in [6.07, 6.45) is 0. The van der Waals surface area contributed by atoms with Gasteiger partial charge in [0.1, 0.15) is 5.75 Å². The number of amides is 1. The molecule has 152 valence electrons. The van der Waals surface area contributed by atoms with Crippen molar-refractivity contribution in [1.29, 1.82) is 0 Å². The Morgan fingerprint density at radius 2 is 1.68 bits per heavy atom. The molecule has 1 aliphatic heterocycles. The van der Waals surface area contributed by atoms with E-state index in [2.05, 4.69) is 26.3 Å². The second kappa shape index (κ2) is 6.58. The third-order valence-electron chi connectivity index (χ3n) is 5.91. The normalized spacial score (nSPS) is 15.4. The molecule has 0 fully saturated rings. The number of hydrogen-bond acceptors (Lipinski definition) is 3. The molecular formula is C24H18N4O2S. The first kappa shape index (κ1) is 18.0. The van der Waals surface area contributed by atoms with Gasteiger partial charge in [0.25, 0.3) is 0 Å². The fourth-order valence-corrected chi connectivity index (χ4v) is 4.75. The van der Waals surface area contributed by atoms with Gasteiger partial charge in [0.2, 0.25) is 5.91 Å². The molecule has 3 aromatic carbocycles. The van der Waals surface area contributed by atoms with E-state index >= 15 is 0 Å². The highest BCUT2D eigenvalue weighted by Gasteiger charge is 2.36. The molecule has 0 spiro atoms. The van der Waals surface area contributed by atoms with Gasteiger partial charge in [-0.25, -0.2) is 0 Å². The van der Waals surface area contributed by atoms with Crippen LogP contribution in [0.25, 0.3) is 33.2 Å². The Labute approximate surface area is 182 Å². The van der Waals surface area contributed by atoms with Crippen LogP contribution in [0.4, 0.5) is 5.69 Å². The molecule has 1 atom stereocenters. The third kappa shape index (κ3) is 2.70. The largest absolute Gasteiger partial charge is 0.497 e. The number of carbonyl (C=O) groups is 1. The number of imidazole rings is 1. The highest BCUT2D eigenvalue weighted by molar-refractivity contribution is 7.71. The monoisotopic (exact) mass is 426 g/mol. The van der Waals surface area contributed by atoms with Gasteiger partial charge in [0.05, 0.1) is 29.8 Å². The van der Waals surface area contributed by atoms with E-state index in [-0.39, 0.29) is 5.91 Å². The van der Waals surface area contributed by atoms with Crippen molar-refractivity contribution in [2.45, 2.75) is 5.92 Å². The van der Waals surface area contributed by atoms with Gasteiger partial charge in [-0.2, -0.15) is 0 Å². The van der Waals surface area contributed by atoms with Crippen LogP contribution in [0.15, 0.2) is 60.7 Å². The Morgan fingerprint density at radius 1 is 0.903 bits per heavy atom. The summed E-state index contributed by atoms with van der Waals surface area (Å²) in [6.45, 7) is 0. The Kier molecular flexibility index (Phi) is 3.82. The molecule has 0 saturated heterocycles. The van der Waals surface area contributed by atoms with Crippen LogP contribution in [0, 0.1) is 4.77 Å². The van der Waals surface area contributed by atoms with Crippen molar-refractivity contribution in [3.63, 3.8) is 0 Å². The molecule has 2 aromatic heterocycles. The van der Waals surface area contributed by atoms with Gasteiger partial charge < -0.3 is 25.0 Å². The molecule has 6 rings (SSSR count). The number of aromatic nitrogens is 3. The lowest BCUT2D eigenvalue weighted by molar-refractivity contribution is -0.116. The molecule has 5 aromatic rings. The Hall–Kier alpha value is -3.84. The summed E-state index contributed by atoms with van der Waals surface area (Å²) in [5.41, 5.74) is 7.37. The standard InChI is InChI=1S/C24H18N4O2S/c1-30-13-7-8-16-14(9-13)21(23(29)26-16)20-15-10-18-19(28-24(31)27-18)11-17(15)25-22(20)12-5-3-2-4-6-12/h2-11,21,25H,1H3,(H,26,29)(H2,27,28,31). The number of benzene rings is 3. The fraction of sp³-hybridized carbons (Fsp3) is 0.0833. The van der Waals surface area contributed by atoms with Gasteiger partial charge in [-0.3, -0.25) is 4.79 Å². The average molecular weight is 427 g/mol. The molecule has 1 unspecified atom stereocenters. The smallest absolute Gasteiger partial charge is 0.236 e. The number of fused-ring (bicyclic) bond motifs is 3. The van der Waals surface area contributed by atoms with Crippen molar-refractivity contribution >= 4 is 45.7 Å².